The van der Waals surface area contributed by atoms with E-state index in [1.807, 2.05) is 6.92 Å². The molecule has 12 heavy (non-hydrogen) atoms. The first-order valence-electron chi connectivity index (χ1n) is 4.66. The molecule has 0 aromatic carbocycles. The number of halogens is 2. The van der Waals surface area contributed by atoms with Crippen molar-refractivity contribution < 1.29 is 8.22 Å². The molecule has 0 aromatic heterocycles. The molecule has 0 nitrogen and oxygen atoms in total. The van der Waals surface area contributed by atoms with Gasteiger partial charge in [0, 0.05) is 5.54 Å². The highest BCUT2D eigenvalue weighted by molar-refractivity contribution is 6.75. The Morgan fingerprint density at radius 1 is 1.58 bits per heavy atom. The summed E-state index contributed by atoms with van der Waals surface area (Å²) in [6.07, 6.45) is 4.85. The highest BCUT2D eigenvalue weighted by atomic mass is 28.4. The minimum atomic E-state index is -4.01. The summed E-state index contributed by atoms with van der Waals surface area (Å²) in [6, 6.07) is 0. The van der Waals surface area contributed by atoms with E-state index in [-0.39, 0.29) is 5.54 Å². The van der Waals surface area contributed by atoms with Crippen LogP contribution in [0.5, 0.6) is 0 Å². The van der Waals surface area contributed by atoms with E-state index in [4.69, 9.17) is 0 Å². The molecular weight excluding hydrogens is 174 g/mol. The lowest BCUT2D eigenvalue weighted by atomic mass is 10.4. The lowest BCUT2D eigenvalue weighted by molar-refractivity contribution is 0.559. The van der Waals surface area contributed by atoms with Gasteiger partial charge in [-0.3, -0.25) is 8.22 Å². The van der Waals surface area contributed by atoms with Gasteiger partial charge in [-0.15, -0.1) is 0 Å². The zero-order valence-corrected chi connectivity index (χ0v) is 8.74. The van der Waals surface area contributed by atoms with Gasteiger partial charge in [0.25, 0.3) is 0 Å². The van der Waals surface area contributed by atoms with Crippen LogP contribution in [0.3, 0.4) is 0 Å². The molecule has 1 unspecified atom stereocenters. The van der Waals surface area contributed by atoms with Crippen molar-refractivity contribution >= 4 is 8.74 Å². The van der Waals surface area contributed by atoms with Gasteiger partial charge in [0.2, 0.25) is 0 Å². The van der Waals surface area contributed by atoms with Gasteiger partial charge >= 0.3 is 8.74 Å². The van der Waals surface area contributed by atoms with Crippen LogP contribution < -0.4 is 0 Å². The van der Waals surface area contributed by atoms with E-state index < -0.39 is 8.74 Å². The second-order valence-electron chi connectivity index (χ2n) is 3.55. The minimum absolute atomic E-state index is 0.373. The summed E-state index contributed by atoms with van der Waals surface area (Å²) in [5.41, 5.74) is -0.373. The summed E-state index contributed by atoms with van der Waals surface area (Å²) in [4.78, 5) is 0. The summed E-state index contributed by atoms with van der Waals surface area (Å²) >= 11 is 0. The molecule has 0 fully saturated rings. The van der Waals surface area contributed by atoms with Crippen molar-refractivity contribution in [2.75, 3.05) is 0 Å². The molecular formula is C9H16F2Si. The van der Waals surface area contributed by atoms with Crippen LogP contribution in [-0.2, 0) is 0 Å². The maximum atomic E-state index is 13.6. The topological polar surface area (TPSA) is 0 Å². The van der Waals surface area contributed by atoms with Crippen molar-refractivity contribution in [3.05, 3.63) is 11.3 Å². The smallest absolute Gasteiger partial charge is 0.265 e. The largest absolute Gasteiger partial charge is 0.454 e. The molecule has 0 aliphatic heterocycles. The first-order valence-corrected chi connectivity index (χ1v) is 6.49. The molecule has 0 bridgehead atoms. The minimum Gasteiger partial charge on any atom is -0.265 e. The van der Waals surface area contributed by atoms with Crippen molar-refractivity contribution in [3.8, 4) is 0 Å². The summed E-state index contributed by atoms with van der Waals surface area (Å²) < 4.78 is 27.2. The molecule has 0 heterocycles. The third kappa shape index (κ3) is 1.76. The fourth-order valence-corrected chi connectivity index (χ4v) is 3.62. The fraction of sp³-hybridized carbons (Fsp3) is 0.778. The molecule has 0 saturated carbocycles. The van der Waals surface area contributed by atoms with E-state index in [0.717, 1.165) is 12.8 Å². The fourth-order valence-electron chi connectivity index (χ4n) is 1.55. The van der Waals surface area contributed by atoms with Crippen molar-refractivity contribution in [3.63, 3.8) is 0 Å². The predicted molar refractivity (Wildman–Crippen MR) is 49.6 cm³/mol. The zero-order valence-electron chi connectivity index (χ0n) is 7.74. The van der Waals surface area contributed by atoms with Gasteiger partial charge in [0.05, 0.1) is 0 Å². The summed E-state index contributed by atoms with van der Waals surface area (Å²) in [5, 5.41) is 0.511. The van der Waals surface area contributed by atoms with Crippen molar-refractivity contribution in [1.29, 1.82) is 0 Å². The maximum Gasteiger partial charge on any atom is 0.454 e. The molecule has 0 radical (unpaired) electrons. The van der Waals surface area contributed by atoms with Crippen molar-refractivity contribution in [2.45, 2.75) is 45.1 Å². The van der Waals surface area contributed by atoms with Crippen LogP contribution in [0.1, 0.15) is 39.5 Å². The lowest BCUT2D eigenvalue weighted by Crippen LogP contribution is -2.30. The first kappa shape index (κ1) is 9.90. The third-order valence-corrected chi connectivity index (χ3v) is 5.66. The van der Waals surface area contributed by atoms with Crippen molar-refractivity contribution in [2.24, 2.45) is 0 Å². The Kier molecular flexibility index (Phi) is 3.04. The van der Waals surface area contributed by atoms with Crippen LogP contribution in [0.25, 0.3) is 0 Å². The Morgan fingerprint density at radius 3 is 2.67 bits per heavy atom. The Hall–Kier alpha value is -0.183. The summed E-state index contributed by atoms with van der Waals surface area (Å²) in [7, 11) is -4.01. The quantitative estimate of drug-likeness (QED) is 0.469. The normalized spacial score (nSPS) is 20.8. The van der Waals surface area contributed by atoms with Crippen LogP contribution in [0.15, 0.2) is 11.3 Å². The van der Waals surface area contributed by atoms with Crippen LogP contribution >= 0.6 is 0 Å². The molecule has 1 atom stereocenters. The van der Waals surface area contributed by atoms with E-state index in [2.05, 4.69) is 0 Å². The lowest BCUT2D eigenvalue weighted by Gasteiger charge is -2.20. The molecule has 0 saturated heterocycles. The monoisotopic (exact) mass is 190 g/mol. The molecule has 0 amide bonds. The SMILES string of the molecule is CCC(C)[Si](F)(F)C1=CCCC1. The molecule has 0 N–H and O–H groups in total. The van der Waals surface area contributed by atoms with Crippen LogP contribution in [0.2, 0.25) is 5.54 Å². The average Bonchev–Trinajstić information content (AvgIpc) is 2.55. The highest BCUT2D eigenvalue weighted by Gasteiger charge is 2.45. The van der Waals surface area contributed by atoms with E-state index in [1.165, 1.54) is 0 Å². The van der Waals surface area contributed by atoms with Crippen LogP contribution in [0, 0.1) is 0 Å². The average molecular weight is 190 g/mol. The highest BCUT2D eigenvalue weighted by Crippen LogP contribution is 2.38. The van der Waals surface area contributed by atoms with Gasteiger partial charge in [0.15, 0.2) is 0 Å². The van der Waals surface area contributed by atoms with Gasteiger partial charge in [-0.2, -0.15) is 0 Å². The van der Waals surface area contributed by atoms with Gasteiger partial charge in [-0.25, -0.2) is 0 Å². The number of hydrogen-bond donors (Lipinski definition) is 0. The first-order chi connectivity index (χ1) is 5.59. The summed E-state index contributed by atoms with van der Waals surface area (Å²) in [6.45, 7) is 3.53. The molecule has 1 rings (SSSR count). The van der Waals surface area contributed by atoms with E-state index in [1.54, 1.807) is 13.0 Å². The third-order valence-electron chi connectivity index (χ3n) is 2.70. The molecule has 1 aliphatic rings. The zero-order chi connectivity index (χ0) is 9.19. The Labute approximate surface area is 74.0 Å². The number of allylic oxidation sites excluding steroid dienone is 2. The second-order valence-corrected chi connectivity index (χ2v) is 6.43. The van der Waals surface area contributed by atoms with Gasteiger partial charge in [-0.1, -0.05) is 26.3 Å². The Balaban J connectivity index is 2.69. The number of rotatable bonds is 3. The van der Waals surface area contributed by atoms with Crippen molar-refractivity contribution in [1.82, 2.24) is 0 Å². The van der Waals surface area contributed by atoms with E-state index >= 15 is 0 Å². The van der Waals surface area contributed by atoms with Crippen LogP contribution in [-0.4, -0.2) is 8.74 Å². The van der Waals surface area contributed by atoms with Gasteiger partial charge in [-0.05, 0) is 24.5 Å². The molecule has 0 aromatic rings. The Bertz CT molecular complexity index is 187. The molecule has 3 heteroatoms. The second kappa shape index (κ2) is 3.69. The standard InChI is InChI=1S/C9H16F2Si/c1-3-8(2)12(10,11)9-6-4-5-7-9/h6,8H,3-5,7H2,1-2H3. The number of hydrogen-bond acceptors (Lipinski definition) is 0. The molecule has 70 valence electrons. The Morgan fingerprint density at radius 2 is 2.25 bits per heavy atom. The van der Waals surface area contributed by atoms with E-state index in [0.29, 0.717) is 18.0 Å². The molecule has 1 aliphatic carbocycles. The predicted octanol–water partition coefficient (Wildman–Crippen LogP) is 3.82. The van der Waals surface area contributed by atoms with Gasteiger partial charge in [0.1, 0.15) is 0 Å². The van der Waals surface area contributed by atoms with E-state index in [9.17, 15) is 8.22 Å². The molecule has 0 spiro atoms. The summed E-state index contributed by atoms with van der Waals surface area (Å²) in [5.74, 6) is 0. The van der Waals surface area contributed by atoms with Crippen LogP contribution in [0.4, 0.5) is 8.22 Å². The maximum absolute atomic E-state index is 13.6. The van der Waals surface area contributed by atoms with Gasteiger partial charge < -0.3 is 0 Å².